The zero-order valence-corrected chi connectivity index (χ0v) is 17.4. The van der Waals surface area contributed by atoms with E-state index in [1.165, 1.54) is 15.6 Å². The smallest absolute Gasteiger partial charge is 0.252 e. The average molecular weight is 408 g/mol. The van der Waals surface area contributed by atoms with Crippen molar-refractivity contribution in [3.05, 3.63) is 46.8 Å². The van der Waals surface area contributed by atoms with Gasteiger partial charge in [0, 0.05) is 36.7 Å². The van der Waals surface area contributed by atoms with E-state index < -0.39 is 10.0 Å². The molecule has 0 bridgehead atoms. The topological polar surface area (TPSA) is 69.7 Å². The Morgan fingerprint density at radius 3 is 2.33 bits per heavy atom. The fourth-order valence-electron chi connectivity index (χ4n) is 3.13. The lowest BCUT2D eigenvalue weighted by Crippen LogP contribution is -2.53. The number of thiophene rings is 1. The van der Waals surface area contributed by atoms with Gasteiger partial charge in [-0.2, -0.15) is 4.31 Å². The molecule has 1 saturated heterocycles. The van der Waals surface area contributed by atoms with E-state index in [0.717, 1.165) is 16.1 Å². The molecule has 1 atom stereocenters. The summed E-state index contributed by atoms with van der Waals surface area (Å²) in [5.74, 6) is -0.0745. The number of piperazine rings is 1. The third-order valence-electron chi connectivity index (χ3n) is 4.91. The van der Waals surface area contributed by atoms with Crippen molar-refractivity contribution in [3.8, 4) is 0 Å². The summed E-state index contributed by atoms with van der Waals surface area (Å²) in [5.41, 5.74) is 1.82. The maximum atomic E-state index is 12.7. The van der Waals surface area contributed by atoms with Crippen molar-refractivity contribution in [2.45, 2.75) is 31.0 Å². The van der Waals surface area contributed by atoms with Gasteiger partial charge >= 0.3 is 0 Å². The molecule has 1 fully saturated rings. The monoisotopic (exact) mass is 407 g/mol. The first kappa shape index (κ1) is 20.0. The first-order valence-electron chi connectivity index (χ1n) is 8.96. The Kier molecular flexibility index (Phi) is 6.00. The van der Waals surface area contributed by atoms with E-state index in [1.54, 1.807) is 6.07 Å². The van der Waals surface area contributed by atoms with Crippen LogP contribution in [0.15, 0.2) is 40.6 Å². The number of sulfonamides is 1. The van der Waals surface area contributed by atoms with Gasteiger partial charge in [0.2, 0.25) is 5.91 Å². The van der Waals surface area contributed by atoms with Gasteiger partial charge < -0.3 is 5.32 Å². The molecular formula is C19H25N3O3S2. The van der Waals surface area contributed by atoms with Crippen LogP contribution in [0.3, 0.4) is 0 Å². The summed E-state index contributed by atoms with van der Waals surface area (Å²) in [6, 6.07) is 10.8. The Morgan fingerprint density at radius 2 is 1.74 bits per heavy atom. The molecule has 0 spiro atoms. The highest BCUT2D eigenvalue weighted by Crippen LogP contribution is 2.25. The zero-order chi connectivity index (χ0) is 19.6. The van der Waals surface area contributed by atoms with Gasteiger partial charge in [-0.25, -0.2) is 8.42 Å². The highest BCUT2D eigenvalue weighted by atomic mass is 32.2. The van der Waals surface area contributed by atoms with Crippen molar-refractivity contribution in [2.24, 2.45) is 0 Å². The molecule has 8 heteroatoms. The van der Waals surface area contributed by atoms with Crippen molar-refractivity contribution in [2.75, 3.05) is 31.5 Å². The van der Waals surface area contributed by atoms with E-state index in [4.69, 9.17) is 0 Å². The second-order valence-corrected chi connectivity index (χ2v) is 10.2. The van der Waals surface area contributed by atoms with Crippen molar-refractivity contribution in [3.63, 3.8) is 0 Å². The van der Waals surface area contributed by atoms with Gasteiger partial charge in [-0.1, -0.05) is 18.2 Å². The molecule has 1 unspecified atom stereocenters. The standard InChI is InChI=1S/C19H25N3O3S2/c1-14-6-4-5-7-17(14)20-19(23)16(3)21-10-12-22(13-11-21)27(24,25)18-9-8-15(2)26-18/h4-9,16H,10-13H2,1-3H3,(H,20,23). The second-order valence-electron chi connectivity index (χ2n) is 6.79. The number of nitrogens with one attached hydrogen (secondary N) is 1. The van der Waals surface area contributed by atoms with Gasteiger partial charge in [0.25, 0.3) is 10.0 Å². The van der Waals surface area contributed by atoms with E-state index >= 15 is 0 Å². The van der Waals surface area contributed by atoms with E-state index in [1.807, 2.05) is 56.0 Å². The fourth-order valence-corrected chi connectivity index (χ4v) is 5.99. The summed E-state index contributed by atoms with van der Waals surface area (Å²) in [4.78, 5) is 15.6. The Bertz CT molecular complexity index is 916. The van der Waals surface area contributed by atoms with Crippen LogP contribution in [0.25, 0.3) is 0 Å². The van der Waals surface area contributed by atoms with Gasteiger partial charge in [-0.15, -0.1) is 11.3 Å². The quantitative estimate of drug-likeness (QED) is 0.827. The van der Waals surface area contributed by atoms with Crippen molar-refractivity contribution >= 4 is 33.0 Å². The van der Waals surface area contributed by atoms with Crippen molar-refractivity contribution in [1.82, 2.24) is 9.21 Å². The van der Waals surface area contributed by atoms with Crippen molar-refractivity contribution in [1.29, 1.82) is 0 Å². The van der Waals surface area contributed by atoms with Crippen LogP contribution in [0.1, 0.15) is 17.4 Å². The number of para-hydroxylation sites is 1. The van der Waals surface area contributed by atoms with Crippen LogP contribution in [0.5, 0.6) is 0 Å². The predicted molar refractivity (Wildman–Crippen MR) is 109 cm³/mol. The third kappa shape index (κ3) is 4.40. The highest BCUT2D eigenvalue weighted by molar-refractivity contribution is 7.91. The van der Waals surface area contributed by atoms with Crippen LogP contribution in [-0.4, -0.2) is 55.8 Å². The largest absolute Gasteiger partial charge is 0.324 e. The third-order valence-corrected chi connectivity index (χ3v) is 8.28. The van der Waals surface area contributed by atoms with Crippen LogP contribution in [-0.2, 0) is 14.8 Å². The second kappa shape index (κ2) is 8.10. The van der Waals surface area contributed by atoms with Crippen LogP contribution < -0.4 is 5.32 Å². The van der Waals surface area contributed by atoms with Gasteiger partial charge in [-0.3, -0.25) is 9.69 Å². The summed E-state index contributed by atoms with van der Waals surface area (Å²) in [6.45, 7) is 7.56. The summed E-state index contributed by atoms with van der Waals surface area (Å²) in [6.07, 6.45) is 0. The fraction of sp³-hybridized carbons (Fsp3) is 0.421. The zero-order valence-electron chi connectivity index (χ0n) is 15.8. The minimum Gasteiger partial charge on any atom is -0.324 e. The molecule has 2 heterocycles. The molecule has 1 aliphatic rings. The normalized spacial score (nSPS) is 17.6. The molecule has 6 nitrogen and oxygen atoms in total. The number of anilines is 1. The number of hydrogen-bond acceptors (Lipinski definition) is 5. The molecule has 1 aliphatic heterocycles. The number of benzene rings is 1. The molecule has 0 saturated carbocycles. The maximum absolute atomic E-state index is 12.7. The van der Waals surface area contributed by atoms with Gasteiger partial charge in [0.15, 0.2) is 0 Å². The van der Waals surface area contributed by atoms with E-state index in [-0.39, 0.29) is 11.9 Å². The Labute approximate surface area is 164 Å². The molecular weight excluding hydrogens is 382 g/mol. The number of rotatable bonds is 5. The molecule has 1 N–H and O–H groups in total. The molecule has 0 radical (unpaired) electrons. The lowest BCUT2D eigenvalue weighted by molar-refractivity contribution is -0.121. The van der Waals surface area contributed by atoms with E-state index in [9.17, 15) is 13.2 Å². The molecule has 2 aromatic rings. The predicted octanol–water partition coefficient (Wildman–Crippen LogP) is 2.70. The Hall–Kier alpha value is -1.74. The number of carbonyl (C=O) groups is 1. The number of aryl methyl sites for hydroxylation is 2. The Balaban J connectivity index is 1.60. The highest BCUT2D eigenvalue weighted by Gasteiger charge is 2.32. The number of hydrogen-bond donors (Lipinski definition) is 1. The molecule has 0 aliphatic carbocycles. The SMILES string of the molecule is Cc1ccc(S(=O)(=O)N2CCN(C(C)C(=O)Nc3ccccc3C)CC2)s1. The minimum absolute atomic E-state index is 0.0745. The summed E-state index contributed by atoms with van der Waals surface area (Å²) >= 11 is 1.30. The summed E-state index contributed by atoms with van der Waals surface area (Å²) in [5, 5.41) is 2.97. The molecule has 1 aromatic carbocycles. The van der Waals surface area contributed by atoms with E-state index in [2.05, 4.69) is 5.32 Å². The molecule has 146 valence electrons. The lowest BCUT2D eigenvalue weighted by atomic mass is 10.2. The van der Waals surface area contributed by atoms with Gasteiger partial charge in [0.1, 0.15) is 4.21 Å². The van der Waals surface area contributed by atoms with Crippen LogP contribution in [0, 0.1) is 13.8 Å². The first-order chi connectivity index (χ1) is 12.8. The van der Waals surface area contributed by atoms with Crippen LogP contribution in [0.4, 0.5) is 5.69 Å². The van der Waals surface area contributed by atoms with Gasteiger partial charge in [-0.05, 0) is 44.5 Å². The molecule has 1 amide bonds. The number of nitrogens with zero attached hydrogens (tertiary/aromatic N) is 2. The average Bonchev–Trinajstić information content (AvgIpc) is 3.10. The summed E-state index contributed by atoms with van der Waals surface area (Å²) < 4.78 is 27.4. The molecule has 3 rings (SSSR count). The Morgan fingerprint density at radius 1 is 1.07 bits per heavy atom. The van der Waals surface area contributed by atoms with Gasteiger partial charge in [0.05, 0.1) is 6.04 Å². The van der Waals surface area contributed by atoms with E-state index in [0.29, 0.717) is 30.4 Å². The van der Waals surface area contributed by atoms with Crippen LogP contribution >= 0.6 is 11.3 Å². The maximum Gasteiger partial charge on any atom is 0.252 e. The molecule has 27 heavy (non-hydrogen) atoms. The van der Waals surface area contributed by atoms with Crippen molar-refractivity contribution < 1.29 is 13.2 Å². The minimum atomic E-state index is -3.44. The first-order valence-corrected chi connectivity index (χ1v) is 11.2. The summed E-state index contributed by atoms with van der Waals surface area (Å²) in [7, 11) is -3.44. The number of amides is 1. The van der Waals surface area contributed by atoms with Crippen LogP contribution in [0.2, 0.25) is 0 Å². The lowest BCUT2D eigenvalue weighted by Gasteiger charge is -2.36. The number of carbonyl (C=O) groups excluding carboxylic acids is 1. The molecule has 1 aromatic heterocycles.